The molecule has 3 heteroatoms. The van der Waals surface area contributed by atoms with Crippen molar-refractivity contribution in [3.05, 3.63) is 35.4 Å². The van der Waals surface area contributed by atoms with Gasteiger partial charge in [-0.15, -0.1) is 0 Å². The molecule has 1 saturated carbocycles. The van der Waals surface area contributed by atoms with Crippen molar-refractivity contribution in [1.29, 1.82) is 0 Å². The highest BCUT2D eigenvalue weighted by molar-refractivity contribution is 5.77. The van der Waals surface area contributed by atoms with Crippen molar-refractivity contribution in [3.63, 3.8) is 0 Å². The summed E-state index contributed by atoms with van der Waals surface area (Å²) in [5, 5.41) is 11.6. The molecule has 1 amide bonds. The van der Waals surface area contributed by atoms with Crippen molar-refractivity contribution in [3.8, 4) is 11.8 Å². The Morgan fingerprint density at radius 3 is 2.68 bits per heavy atom. The fraction of sp³-hybridized carbons (Fsp3) is 0.438. The summed E-state index contributed by atoms with van der Waals surface area (Å²) in [6.07, 6.45) is 3.05. The average molecular weight is 257 g/mol. The second-order valence-electron chi connectivity index (χ2n) is 5.02. The summed E-state index contributed by atoms with van der Waals surface area (Å²) in [4.78, 5) is 11.7. The molecule has 1 unspecified atom stereocenters. The van der Waals surface area contributed by atoms with E-state index in [1.165, 1.54) is 12.8 Å². The van der Waals surface area contributed by atoms with Crippen LogP contribution in [0.25, 0.3) is 0 Å². The molecule has 1 aliphatic rings. The van der Waals surface area contributed by atoms with E-state index in [9.17, 15) is 4.79 Å². The Balaban J connectivity index is 1.90. The normalized spacial score (nSPS) is 15.3. The van der Waals surface area contributed by atoms with Gasteiger partial charge in [-0.25, -0.2) is 0 Å². The van der Waals surface area contributed by atoms with Crippen LogP contribution in [-0.2, 0) is 4.79 Å². The molecule has 1 fully saturated rings. The summed E-state index contributed by atoms with van der Waals surface area (Å²) in [5.74, 6) is 6.21. The fourth-order valence-corrected chi connectivity index (χ4v) is 1.96. The van der Waals surface area contributed by atoms with Crippen LogP contribution in [0.5, 0.6) is 0 Å². The minimum absolute atomic E-state index is 0.0195. The maximum Gasteiger partial charge on any atom is 0.220 e. The third-order valence-electron chi connectivity index (χ3n) is 3.27. The number of benzene rings is 1. The Morgan fingerprint density at radius 1 is 1.42 bits per heavy atom. The van der Waals surface area contributed by atoms with Crippen molar-refractivity contribution in [2.75, 3.05) is 6.61 Å². The molecule has 0 aromatic heterocycles. The van der Waals surface area contributed by atoms with E-state index in [1.807, 2.05) is 31.2 Å². The predicted molar refractivity (Wildman–Crippen MR) is 74.3 cm³/mol. The second-order valence-corrected chi connectivity index (χ2v) is 5.02. The number of hydrogen-bond donors (Lipinski definition) is 2. The van der Waals surface area contributed by atoms with Crippen LogP contribution in [0.3, 0.4) is 0 Å². The molecule has 2 rings (SSSR count). The molecule has 0 heterocycles. The van der Waals surface area contributed by atoms with Crippen LogP contribution < -0.4 is 5.32 Å². The molecule has 1 aromatic rings. The van der Waals surface area contributed by atoms with Crippen molar-refractivity contribution >= 4 is 5.91 Å². The van der Waals surface area contributed by atoms with Gasteiger partial charge in [-0.2, -0.15) is 0 Å². The van der Waals surface area contributed by atoms with Gasteiger partial charge < -0.3 is 10.4 Å². The smallest absolute Gasteiger partial charge is 0.220 e. The van der Waals surface area contributed by atoms with Gasteiger partial charge in [-0.1, -0.05) is 24.0 Å². The highest BCUT2D eigenvalue weighted by Gasteiger charge is 2.24. The monoisotopic (exact) mass is 257 g/mol. The molecule has 0 aliphatic heterocycles. The first-order chi connectivity index (χ1) is 9.19. The van der Waals surface area contributed by atoms with Crippen molar-refractivity contribution in [2.24, 2.45) is 5.92 Å². The predicted octanol–water partition coefficient (Wildman–Crippen LogP) is 2.01. The van der Waals surface area contributed by atoms with E-state index < -0.39 is 0 Å². The maximum atomic E-state index is 11.7. The van der Waals surface area contributed by atoms with Crippen LogP contribution in [0.15, 0.2) is 24.3 Å². The SMILES string of the molecule is CC(NC(=O)CC1CC1)c1ccc(C#CCO)cc1. The Bertz CT molecular complexity index is 492. The number of aliphatic hydroxyl groups is 1. The lowest BCUT2D eigenvalue weighted by molar-refractivity contribution is -0.122. The van der Waals surface area contributed by atoms with E-state index >= 15 is 0 Å². The number of amides is 1. The molecule has 1 aromatic carbocycles. The van der Waals surface area contributed by atoms with Crippen LogP contribution in [0, 0.1) is 17.8 Å². The average Bonchev–Trinajstić information content (AvgIpc) is 3.20. The number of carbonyl (C=O) groups excluding carboxylic acids is 1. The highest BCUT2D eigenvalue weighted by Crippen LogP contribution is 2.32. The van der Waals surface area contributed by atoms with Gasteiger partial charge in [0.1, 0.15) is 6.61 Å². The zero-order valence-electron chi connectivity index (χ0n) is 11.1. The maximum absolute atomic E-state index is 11.7. The first kappa shape index (κ1) is 13.6. The van der Waals surface area contributed by atoms with E-state index in [0.717, 1.165) is 11.1 Å². The molecule has 100 valence electrons. The zero-order valence-corrected chi connectivity index (χ0v) is 11.1. The standard InChI is InChI=1S/C16H19NO2/c1-12(17-16(19)11-14-4-5-14)15-8-6-13(7-9-15)3-2-10-18/h6-9,12,14,18H,4-5,10-11H2,1H3,(H,17,19). The molecule has 19 heavy (non-hydrogen) atoms. The van der Waals surface area contributed by atoms with Crippen LogP contribution in [-0.4, -0.2) is 17.6 Å². The minimum atomic E-state index is -0.130. The van der Waals surface area contributed by atoms with Crippen LogP contribution >= 0.6 is 0 Å². The molecule has 0 spiro atoms. The topological polar surface area (TPSA) is 49.3 Å². The van der Waals surface area contributed by atoms with Gasteiger partial charge in [0.2, 0.25) is 5.91 Å². The molecular weight excluding hydrogens is 238 g/mol. The van der Waals surface area contributed by atoms with Crippen LogP contribution in [0.2, 0.25) is 0 Å². The Hall–Kier alpha value is -1.79. The third-order valence-corrected chi connectivity index (χ3v) is 3.27. The Labute approximate surface area is 114 Å². The molecule has 2 N–H and O–H groups in total. The molecule has 0 radical (unpaired) electrons. The Kier molecular flexibility index (Phi) is 4.59. The van der Waals surface area contributed by atoms with E-state index in [0.29, 0.717) is 12.3 Å². The summed E-state index contributed by atoms with van der Waals surface area (Å²) in [7, 11) is 0. The van der Waals surface area contributed by atoms with Gasteiger partial charge in [0.15, 0.2) is 0 Å². The Morgan fingerprint density at radius 2 is 2.11 bits per heavy atom. The van der Waals surface area contributed by atoms with E-state index in [1.54, 1.807) is 0 Å². The summed E-state index contributed by atoms with van der Waals surface area (Å²) in [5.41, 5.74) is 1.94. The van der Waals surface area contributed by atoms with Gasteiger partial charge >= 0.3 is 0 Å². The largest absolute Gasteiger partial charge is 0.384 e. The number of rotatable bonds is 4. The molecule has 1 atom stereocenters. The van der Waals surface area contributed by atoms with Gasteiger partial charge in [-0.05, 0) is 43.4 Å². The molecule has 0 saturated heterocycles. The van der Waals surface area contributed by atoms with Crippen molar-refractivity contribution < 1.29 is 9.90 Å². The lowest BCUT2D eigenvalue weighted by atomic mass is 10.1. The lowest BCUT2D eigenvalue weighted by Crippen LogP contribution is -2.26. The fourth-order valence-electron chi connectivity index (χ4n) is 1.96. The minimum Gasteiger partial charge on any atom is -0.384 e. The molecule has 0 bridgehead atoms. The van der Waals surface area contributed by atoms with E-state index in [4.69, 9.17) is 5.11 Å². The van der Waals surface area contributed by atoms with E-state index in [-0.39, 0.29) is 18.6 Å². The number of nitrogens with one attached hydrogen (secondary N) is 1. The highest BCUT2D eigenvalue weighted by atomic mass is 16.2. The number of carbonyl (C=O) groups is 1. The van der Waals surface area contributed by atoms with Crippen molar-refractivity contribution in [2.45, 2.75) is 32.2 Å². The van der Waals surface area contributed by atoms with E-state index in [2.05, 4.69) is 17.2 Å². The summed E-state index contributed by atoms with van der Waals surface area (Å²) in [6, 6.07) is 7.75. The first-order valence-electron chi connectivity index (χ1n) is 6.68. The van der Waals surface area contributed by atoms with Crippen molar-refractivity contribution in [1.82, 2.24) is 5.32 Å². The summed E-state index contributed by atoms with van der Waals surface area (Å²) >= 11 is 0. The second kappa shape index (κ2) is 6.40. The number of hydrogen-bond acceptors (Lipinski definition) is 2. The first-order valence-corrected chi connectivity index (χ1v) is 6.68. The summed E-state index contributed by atoms with van der Waals surface area (Å²) < 4.78 is 0. The molecule has 1 aliphatic carbocycles. The van der Waals surface area contributed by atoms with Crippen LogP contribution in [0.1, 0.15) is 43.4 Å². The third kappa shape index (κ3) is 4.42. The van der Waals surface area contributed by atoms with Crippen LogP contribution in [0.4, 0.5) is 0 Å². The quantitative estimate of drug-likeness (QED) is 0.811. The number of aliphatic hydroxyl groups excluding tert-OH is 1. The van der Waals surface area contributed by atoms with Gasteiger partial charge in [0, 0.05) is 12.0 Å². The van der Waals surface area contributed by atoms with Gasteiger partial charge in [0.25, 0.3) is 0 Å². The molecule has 3 nitrogen and oxygen atoms in total. The lowest BCUT2D eigenvalue weighted by Gasteiger charge is -2.14. The zero-order chi connectivity index (χ0) is 13.7. The van der Waals surface area contributed by atoms with Gasteiger partial charge in [-0.3, -0.25) is 4.79 Å². The van der Waals surface area contributed by atoms with Gasteiger partial charge in [0.05, 0.1) is 6.04 Å². The molecular formula is C16H19NO2. The summed E-state index contributed by atoms with van der Waals surface area (Å²) in [6.45, 7) is 1.86.